The van der Waals surface area contributed by atoms with E-state index in [-0.39, 0.29) is 33.7 Å². The van der Waals surface area contributed by atoms with Crippen molar-refractivity contribution in [3.8, 4) is 0 Å². The van der Waals surface area contributed by atoms with Gasteiger partial charge in [-0.05, 0) is 44.7 Å². The standard InChI is InChI=1S/C14H9F5INO2/c15-13(16,14(17,18)19)7-8(20)5-6-21-11(22)9-3-1-2-4-10(9)12(21)23/h1-4,7H,5-6H2. The Kier molecular flexibility index (Phi) is 4.79. The van der Waals surface area contributed by atoms with Crippen molar-refractivity contribution in [3.63, 3.8) is 0 Å². The van der Waals surface area contributed by atoms with Crippen LogP contribution in [-0.2, 0) is 0 Å². The Labute approximate surface area is 141 Å². The first kappa shape index (κ1) is 17.8. The van der Waals surface area contributed by atoms with Gasteiger partial charge in [-0.3, -0.25) is 14.5 Å². The summed E-state index contributed by atoms with van der Waals surface area (Å²) >= 11 is 1.34. The molecule has 0 aliphatic carbocycles. The highest BCUT2D eigenvalue weighted by atomic mass is 127. The second kappa shape index (κ2) is 6.17. The van der Waals surface area contributed by atoms with Crippen LogP contribution in [-0.4, -0.2) is 35.4 Å². The molecule has 1 aromatic rings. The second-order valence-corrected chi connectivity index (χ2v) is 6.16. The molecule has 0 fully saturated rings. The van der Waals surface area contributed by atoms with Gasteiger partial charge in [0.2, 0.25) is 0 Å². The van der Waals surface area contributed by atoms with Crippen LogP contribution in [0.15, 0.2) is 33.9 Å². The molecule has 0 atom stereocenters. The zero-order valence-corrected chi connectivity index (χ0v) is 13.5. The van der Waals surface area contributed by atoms with E-state index in [1.807, 2.05) is 0 Å². The van der Waals surface area contributed by atoms with Crippen molar-refractivity contribution in [2.45, 2.75) is 18.5 Å². The van der Waals surface area contributed by atoms with Crippen LogP contribution in [0.4, 0.5) is 22.0 Å². The first-order valence-corrected chi connectivity index (χ1v) is 7.39. The predicted molar refractivity (Wildman–Crippen MR) is 79.5 cm³/mol. The van der Waals surface area contributed by atoms with Gasteiger partial charge in [0, 0.05) is 12.6 Å². The summed E-state index contributed by atoms with van der Waals surface area (Å²) in [4.78, 5) is 24.9. The van der Waals surface area contributed by atoms with Crippen molar-refractivity contribution in [1.82, 2.24) is 4.90 Å². The molecule has 9 heteroatoms. The van der Waals surface area contributed by atoms with Crippen molar-refractivity contribution in [2.75, 3.05) is 6.54 Å². The maximum atomic E-state index is 12.9. The predicted octanol–water partition coefficient (Wildman–Crippen LogP) is 4.19. The van der Waals surface area contributed by atoms with Crippen LogP contribution in [0.25, 0.3) is 0 Å². The van der Waals surface area contributed by atoms with E-state index in [0.717, 1.165) is 4.90 Å². The van der Waals surface area contributed by atoms with E-state index in [2.05, 4.69) is 0 Å². The topological polar surface area (TPSA) is 37.4 Å². The van der Waals surface area contributed by atoms with Gasteiger partial charge in [0.05, 0.1) is 11.1 Å². The highest BCUT2D eigenvalue weighted by Gasteiger charge is 2.55. The molecule has 2 amide bonds. The molecule has 0 N–H and O–H groups in total. The normalized spacial score (nSPS) is 16.1. The molecule has 0 unspecified atom stereocenters. The first-order chi connectivity index (χ1) is 10.5. The van der Waals surface area contributed by atoms with Crippen LogP contribution in [0.2, 0.25) is 0 Å². The average Bonchev–Trinajstić information content (AvgIpc) is 2.68. The number of hydrogen-bond donors (Lipinski definition) is 0. The van der Waals surface area contributed by atoms with Gasteiger partial charge >= 0.3 is 12.1 Å². The molecule has 1 heterocycles. The summed E-state index contributed by atoms with van der Waals surface area (Å²) in [6.45, 7) is -0.269. The molecule has 0 aromatic heterocycles. The number of carbonyl (C=O) groups is 2. The molecule has 1 aliphatic heterocycles. The number of hydrogen-bond acceptors (Lipinski definition) is 2. The van der Waals surface area contributed by atoms with Gasteiger partial charge in [0.25, 0.3) is 11.8 Å². The molecular weight excluding hydrogens is 436 g/mol. The summed E-state index contributed by atoms with van der Waals surface area (Å²) in [5.41, 5.74) is 0.384. The van der Waals surface area contributed by atoms with E-state index in [1.165, 1.54) is 34.7 Å². The van der Waals surface area contributed by atoms with Crippen LogP contribution in [0.3, 0.4) is 0 Å². The number of fused-ring (bicyclic) bond motifs is 1. The van der Waals surface area contributed by atoms with E-state index < -0.39 is 23.9 Å². The number of carbonyl (C=O) groups excluding carboxylic acids is 2. The number of halogens is 6. The maximum Gasteiger partial charge on any atom is 0.457 e. The number of alkyl halides is 5. The lowest BCUT2D eigenvalue weighted by atomic mass is 10.1. The van der Waals surface area contributed by atoms with Crippen LogP contribution in [0.1, 0.15) is 27.1 Å². The van der Waals surface area contributed by atoms with Crippen molar-refractivity contribution in [1.29, 1.82) is 0 Å². The van der Waals surface area contributed by atoms with Gasteiger partial charge in [-0.15, -0.1) is 0 Å². The van der Waals surface area contributed by atoms with Gasteiger partial charge in [0.15, 0.2) is 0 Å². The van der Waals surface area contributed by atoms with Crippen LogP contribution < -0.4 is 0 Å². The summed E-state index contributed by atoms with van der Waals surface area (Å²) < 4.78 is 61.9. The molecular formula is C14H9F5INO2. The third-order valence-corrected chi connectivity index (χ3v) is 4.02. The lowest BCUT2D eigenvalue weighted by Gasteiger charge is -2.17. The maximum absolute atomic E-state index is 12.9. The van der Waals surface area contributed by atoms with Gasteiger partial charge in [-0.2, -0.15) is 22.0 Å². The number of benzene rings is 1. The second-order valence-electron chi connectivity index (χ2n) is 4.77. The number of imide groups is 1. The van der Waals surface area contributed by atoms with Gasteiger partial charge in [0.1, 0.15) is 0 Å². The third kappa shape index (κ3) is 3.54. The van der Waals surface area contributed by atoms with Gasteiger partial charge in [-0.25, -0.2) is 0 Å². The van der Waals surface area contributed by atoms with E-state index in [1.54, 1.807) is 12.1 Å². The van der Waals surface area contributed by atoms with Crippen molar-refractivity contribution in [3.05, 3.63) is 45.0 Å². The molecule has 0 saturated carbocycles. The van der Waals surface area contributed by atoms with Crippen LogP contribution in [0, 0.1) is 0 Å². The van der Waals surface area contributed by atoms with Gasteiger partial charge in [-0.1, -0.05) is 12.1 Å². The Balaban J connectivity index is 2.08. The first-order valence-electron chi connectivity index (χ1n) is 6.31. The fraction of sp³-hybridized carbons (Fsp3) is 0.286. The van der Waals surface area contributed by atoms with E-state index in [0.29, 0.717) is 0 Å². The molecule has 0 spiro atoms. The van der Waals surface area contributed by atoms with E-state index >= 15 is 0 Å². The minimum absolute atomic E-state index is 0.192. The highest BCUT2D eigenvalue weighted by molar-refractivity contribution is 14.1. The van der Waals surface area contributed by atoms with Gasteiger partial charge < -0.3 is 0 Å². The molecule has 0 saturated heterocycles. The molecule has 3 nitrogen and oxygen atoms in total. The minimum atomic E-state index is -5.68. The van der Waals surface area contributed by atoms with E-state index in [9.17, 15) is 31.5 Å². The molecule has 2 rings (SSSR count). The molecule has 1 aromatic carbocycles. The monoisotopic (exact) mass is 445 g/mol. The van der Waals surface area contributed by atoms with Crippen molar-refractivity contribution in [2.24, 2.45) is 0 Å². The zero-order chi connectivity index (χ0) is 17.4. The third-order valence-electron chi connectivity index (χ3n) is 3.17. The lowest BCUT2D eigenvalue weighted by molar-refractivity contribution is -0.259. The molecule has 0 bridgehead atoms. The summed E-state index contributed by atoms with van der Waals surface area (Å²) in [5, 5.41) is 0. The van der Waals surface area contributed by atoms with Crippen LogP contribution >= 0.6 is 22.6 Å². The molecule has 23 heavy (non-hydrogen) atoms. The fourth-order valence-electron chi connectivity index (χ4n) is 2.01. The lowest BCUT2D eigenvalue weighted by Crippen LogP contribution is -2.34. The van der Waals surface area contributed by atoms with Crippen molar-refractivity contribution >= 4 is 34.4 Å². The Morgan fingerprint density at radius 2 is 1.52 bits per heavy atom. The number of allylic oxidation sites excluding steroid dienone is 1. The SMILES string of the molecule is O=C1c2ccccc2C(=O)N1CCC(I)=CC(F)(F)C(F)(F)F. The smallest absolute Gasteiger partial charge is 0.274 e. The Morgan fingerprint density at radius 1 is 1.04 bits per heavy atom. The minimum Gasteiger partial charge on any atom is -0.274 e. The summed E-state index contributed by atoms with van der Waals surface area (Å²) in [6.07, 6.45) is -6.16. The number of nitrogens with zero attached hydrogens (tertiary/aromatic N) is 1. The van der Waals surface area contributed by atoms with Crippen LogP contribution in [0.5, 0.6) is 0 Å². The quantitative estimate of drug-likeness (QED) is 0.396. The Hall–Kier alpha value is -1.52. The zero-order valence-electron chi connectivity index (χ0n) is 11.3. The Bertz CT molecular complexity index is 649. The molecule has 124 valence electrons. The summed E-state index contributed by atoms with van der Waals surface area (Å²) in [7, 11) is 0. The fourth-order valence-corrected chi connectivity index (χ4v) is 2.64. The molecule has 1 aliphatic rings. The average molecular weight is 445 g/mol. The number of rotatable bonds is 4. The molecule has 0 radical (unpaired) electrons. The Morgan fingerprint density at radius 3 is 1.96 bits per heavy atom. The van der Waals surface area contributed by atoms with E-state index in [4.69, 9.17) is 0 Å². The number of amides is 2. The largest absolute Gasteiger partial charge is 0.457 e. The summed E-state index contributed by atoms with van der Waals surface area (Å²) in [6, 6.07) is 6.05. The van der Waals surface area contributed by atoms with Crippen molar-refractivity contribution < 1.29 is 31.5 Å². The highest BCUT2D eigenvalue weighted by Crippen LogP contribution is 2.38. The summed E-state index contributed by atoms with van der Waals surface area (Å²) in [5.74, 6) is -6.12.